The SMILES string of the molecule is CCC1(CNc2nc3ccccc3s2)CC1. The Labute approximate surface area is 99.7 Å². The lowest BCUT2D eigenvalue weighted by molar-refractivity contribution is 0.521. The molecule has 1 fully saturated rings. The van der Waals surface area contributed by atoms with Gasteiger partial charge >= 0.3 is 0 Å². The summed E-state index contributed by atoms with van der Waals surface area (Å²) in [7, 11) is 0. The van der Waals surface area contributed by atoms with Crippen LogP contribution in [0.15, 0.2) is 24.3 Å². The second-order valence-electron chi connectivity index (χ2n) is 4.69. The van der Waals surface area contributed by atoms with Gasteiger partial charge < -0.3 is 5.32 Å². The lowest BCUT2D eigenvalue weighted by atomic mass is 10.0. The van der Waals surface area contributed by atoms with Gasteiger partial charge in [-0.3, -0.25) is 0 Å². The maximum atomic E-state index is 4.59. The summed E-state index contributed by atoms with van der Waals surface area (Å²) in [4.78, 5) is 4.59. The molecule has 0 bridgehead atoms. The predicted octanol–water partition coefficient (Wildman–Crippen LogP) is 3.90. The molecule has 16 heavy (non-hydrogen) atoms. The van der Waals surface area contributed by atoms with E-state index < -0.39 is 0 Å². The van der Waals surface area contributed by atoms with Crippen LogP contribution in [-0.4, -0.2) is 11.5 Å². The number of rotatable bonds is 4. The quantitative estimate of drug-likeness (QED) is 0.864. The molecule has 1 aromatic carbocycles. The predicted molar refractivity (Wildman–Crippen MR) is 70.1 cm³/mol. The zero-order chi connectivity index (χ0) is 11.0. The zero-order valence-corrected chi connectivity index (χ0v) is 10.3. The topological polar surface area (TPSA) is 24.9 Å². The van der Waals surface area contributed by atoms with Crippen molar-refractivity contribution in [2.45, 2.75) is 26.2 Å². The van der Waals surface area contributed by atoms with Crippen LogP contribution in [0.25, 0.3) is 10.2 Å². The van der Waals surface area contributed by atoms with Crippen molar-refractivity contribution >= 4 is 26.7 Å². The maximum absolute atomic E-state index is 4.59. The van der Waals surface area contributed by atoms with Crippen LogP contribution in [0.1, 0.15) is 26.2 Å². The van der Waals surface area contributed by atoms with Crippen LogP contribution in [0.3, 0.4) is 0 Å². The summed E-state index contributed by atoms with van der Waals surface area (Å²) in [5.74, 6) is 0. The fraction of sp³-hybridized carbons (Fsp3) is 0.462. The number of para-hydroxylation sites is 1. The van der Waals surface area contributed by atoms with Gasteiger partial charge in [-0.15, -0.1) is 0 Å². The lowest BCUT2D eigenvalue weighted by Gasteiger charge is -2.11. The first-order valence-electron chi connectivity index (χ1n) is 5.91. The van der Waals surface area contributed by atoms with Gasteiger partial charge in [-0.25, -0.2) is 4.98 Å². The van der Waals surface area contributed by atoms with Crippen LogP contribution in [0.2, 0.25) is 0 Å². The summed E-state index contributed by atoms with van der Waals surface area (Å²) in [6, 6.07) is 8.31. The molecule has 0 atom stereocenters. The van der Waals surface area contributed by atoms with E-state index in [0.717, 1.165) is 17.2 Å². The van der Waals surface area contributed by atoms with E-state index in [0.29, 0.717) is 5.41 Å². The average Bonchev–Trinajstić information content (AvgIpc) is 2.98. The van der Waals surface area contributed by atoms with Crippen molar-refractivity contribution in [1.82, 2.24) is 4.98 Å². The van der Waals surface area contributed by atoms with E-state index >= 15 is 0 Å². The second kappa shape index (κ2) is 3.74. The summed E-state index contributed by atoms with van der Waals surface area (Å²) in [5, 5.41) is 4.57. The van der Waals surface area contributed by atoms with Gasteiger partial charge in [-0.1, -0.05) is 30.4 Å². The van der Waals surface area contributed by atoms with Crippen LogP contribution in [-0.2, 0) is 0 Å². The molecule has 0 unspecified atom stereocenters. The van der Waals surface area contributed by atoms with Crippen molar-refractivity contribution in [2.24, 2.45) is 5.41 Å². The lowest BCUT2D eigenvalue weighted by Crippen LogP contribution is -2.13. The molecule has 2 aromatic rings. The molecule has 0 saturated heterocycles. The number of aromatic nitrogens is 1. The molecule has 84 valence electrons. The average molecular weight is 232 g/mol. The molecule has 2 nitrogen and oxygen atoms in total. The van der Waals surface area contributed by atoms with Crippen LogP contribution >= 0.6 is 11.3 Å². The highest BCUT2D eigenvalue weighted by Gasteiger charge is 2.40. The van der Waals surface area contributed by atoms with Gasteiger partial charge in [0.05, 0.1) is 10.2 Å². The Kier molecular flexibility index (Phi) is 2.36. The minimum absolute atomic E-state index is 0.581. The Morgan fingerprint density at radius 3 is 2.88 bits per heavy atom. The third-order valence-corrected chi connectivity index (χ3v) is 4.61. The first-order chi connectivity index (χ1) is 7.81. The molecule has 3 heteroatoms. The van der Waals surface area contributed by atoms with Crippen molar-refractivity contribution in [2.75, 3.05) is 11.9 Å². The third-order valence-electron chi connectivity index (χ3n) is 3.62. The summed E-state index contributed by atoms with van der Waals surface area (Å²) in [6.45, 7) is 3.37. The molecule has 1 heterocycles. The number of benzene rings is 1. The van der Waals surface area contributed by atoms with Crippen molar-refractivity contribution < 1.29 is 0 Å². The summed E-state index contributed by atoms with van der Waals surface area (Å²) < 4.78 is 1.27. The van der Waals surface area contributed by atoms with E-state index in [1.807, 2.05) is 6.07 Å². The van der Waals surface area contributed by atoms with Gasteiger partial charge in [0, 0.05) is 6.54 Å². The largest absolute Gasteiger partial charge is 0.361 e. The summed E-state index contributed by atoms with van der Waals surface area (Å²) in [5.41, 5.74) is 1.69. The van der Waals surface area contributed by atoms with E-state index in [1.54, 1.807) is 11.3 Å². The highest BCUT2D eigenvalue weighted by atomic mass is 32.1. The number of nitrogens with zero attached hydrogens (tertiary/aromatic N) is 1. The minimum Gasteiger partial charge on any atom is -0.361 e. The van der Waals surface area contributed by atoms with Crippen LogP contribution in [0.5, 0.6) is 0 Å². The number of fused-ring (bicyclic) bond motifs is 1. The number of thiazole rings is 1. The normalized spacial score (nSPS) is 17.6. The molecule has 1 N–H and O–H groups in total. The van der Waals surface area contributed by atoms with Crippen LogP contribution in [0, 0.1) is 5.41 Å². The smallest absolute Gasteiger partial charge is 0.183 e. The van der Waals surface area contributed by atoms with E-state index in [1.165, 1.54) is 24.0 Å². The van der Waals surface area contributed by atoms with Crippen molar-refractivity contribution in [3.8, 4) is 0 Å². The van der Waals surface area contributed by atoms with E-state index in [9.17, 15) is 0 Å². The third kappa shape index (κ3) is 1.80. The van der Waals surface area contributed by atoms with Crippen molar-refractivity contribution in [1.29, 1.82) is 0 Å². The molecular weight excluding hydrogens is 216 g/mol. The Morgan fingerprint density at radius 2 is 2.19 bits per heavy atom. The molecule has 1 aliphatic carbocycles. The van der Waals surface area contributed by atoms with Gasteiger partial charge in [0.15, 0.2) is 5.13 Å². The Balaban J connectivity index is 1.74. The molecule has 3 rings (SSSR count). The van der Waals surface area contributed by atoms with E-state index in [4.69, 9.17) is 0 Å². The van der Waals surface area contributed by atoms with E-state index in [-0.39, 0.29) is 0 Å². The first-order valence-corrected chi connectivity index (χ1v) is 6.72. The highest BCUT2D eigenvalue weighted by molar-refractivity contribution is 7.22. The second-order valence-corrected chi connectivity index (χ2v) is 5.72. The molecule has 0 radical (unpaired) electrons. The Hall–Kier alpha value is -1.09. The maximum Gasteiger partial charge on any atom is 0.183 e. The first kappa shape index (κ1) is 10.1. The van der Waals surface area contributed by atoms with Gasteiger partial charge in [0.25, 0.3) is 0 Å². The Bertz CT molecular complexity index is 466. The molecule has 0 amide bonds. The van der Waals surface area contributed by atoms with Crippen molar-refractivity contribution in [3.63, 3.8) is 0 Å². The fourth-order valence-electron chi connectivity index (χ4n) is 2.04. The number of nitrogens with one attached hydrogen (secondary N) is 1. The highest BCUT2D eigenvalue weighted by Crippen LogP contribution is 2.48. The number of anilines is 1. The van der Waals surface area contributed by atoms with Crippen LogP contribution < -0.4 is 5.32 Å². The van der Waals surface area contributed by atoms with Gasteiger partial charge in [0.1, 0.15) is 0 Å². The summed E-state index contributed by atoms with van der Waals surface area (Å²) >= 11 is 1.75. The zero-order valence-electron chi connectivity index (χ0n) is 9.49. The fourth-order valence-corrected chi connectivity index (χ4v) is 2.90. The monoisotopic (exact) mass is 232 g/mol. The molecular formula is C13H16N2S. The molecule has 0 aliphatic heterocycles. The van der Waals surface area contributed by atoms with Crippen molar-refractivity contribution in [3.05, 3.63) is 24.3 Å². The summed E-state index contributed by atoms with van der Waals surface area (Å²) in [6.07, 6.45) is 4.04. The number of hydrogen-bond acceptors (Lipinski definition) is 3. The van der Waals surface area contributed by atoms with Crippen LogP contribution in [0.4, 0.5) is 5.13 Å². The molecule has 0 spiro atoms. The Morgan fingerprint density at radius 1 is 1.38 bits per heavy atom. The molecule has 1 aromatic heterocycles. The number of hydrogen-bond donors (Lipinski definition) is 1. The molecule has 1 saturated carbocycles. The van der Waals surface area contributed by atoms with Gasteiger partial charge in [-0.05, 0) is 36.8 Å². The standard InChI is InChI=1S/C13H16N2S/c1-2-13(7-8-13)9-14-12-15-10-5-3-4-6-11(10)16-12/h3-6H,2,7-9H2,1H3,(H,14,15). The minimum atomic E-state index is 0.581. The molecule has 1 aliphatic rings. The van der Waals surface area contributed by atoms with Gasteiger partial charge in [-0.2, -0.15) is 0 Å². The van der Waals surface area contributed by atoms with Gasteiger partial charge in [0.2, 0.25) is 0 Å². The van der Waals surface area contributed by atoms with E-state index in [2.05, 4.69) is 35.4 Å².